The van der Waals surface area contributed by atoms with Crippen LogP contribution in [0.1, 0.15) is 92.3 Å². The van der Waals surface area contributed by atoms with Crippen molar-refractivity contribution in [2.45, 2.75) is 72.3 Å². The molecule has 3 N–H and O–H groups in total. The van der Waals surface area contributed by atoms with Gasteiger partial charge in [-0.1, -0.05) is 0 Å². The summed E-state index contributed by atoms with van der Waals surface area (Å²) in [6.07, 6.45) is -0.0890. The molecule has 0 fully saturated rings. The lowest BCUT2D eigenvalue weighted by molar-refractivity contribution is -0.141. The second-order valence-corrected chi connectivity index (χ2v) is 9.05. The van der Waals surface area contributed by atoms with E-state index in [-0.39, 0.29) is 54.6 Å². The monoisotopic (exact) mass is 493 g/mol. The first-order valence-electron chi connectivity index (χ1n) is 12.5. The quantitative estimate of drug-likeness (QED) is 0.337. The van der Waals surface area contributed by atoms with Gasteiger partial charge in [-0.15, -0.1) is 0 Å². The first-order valence-corrected chi connectivity index (χ1v) is 11.0. The van der Waals surface area contributed by atoms with Crippen LogP contribution in [0.15, 0.2) is 0 Å². The van der Waals surface area contributed by atoms with E-state index in [0.29, 0.717) is 22.5 Å². The lowest BCUT2D eigenvalue weighted by Gasteiger charge is -2.19. The second kappa shape index (κ2) is 11.2. The summed E-state index contributed by atoms with van der Waals surface area (Å²) in [5, 5.41) is 9.64. The van der Waals surface area contributed by atoms with Gasteiger partial charge in [-0.3, -0.25) is 9.59 Å². The smallest absolute Gasteiger partial charge is 0.355 e. The fraction of sp³-hybridized carbons (Fsp3) is 0.520. The van der Waals surface area contributed by atoms with E-state index in [2.05, 4.69) is 9.97 Å². The molecule has 0 aromatic carbocycles. The fourth-order valence-corrected chi connectivity index (χ4v) is 3.74. The van der Waals surface area contributed by atoms with Crippen LogP contribution in [0.3, 0.4) is 0 Å². The van der Waals surface area contributed by atoms with Gasteiger partial charge in [0.25, 0.3) is 0 Å². The third-order valence-electron chi connectivity index (χ3n) is 5.44. The van der Waals surface area contributed by atoms with Crippen molar-refractivity contribution in [1.29, 1.82) is 0 Å². The summed E-state index contributed by atoms with van der Waals surface area (Å²) in [7, 11) is 2.46. The summed E-state index contributed by atoms with van der Waals surface area (Å²) < 4.78 is 39.2. The van der Waals surface area contributed by atoms with Gasteiger partial charge in [0.15, 0.2) is 0 Å². The van der Waals surface area contributed by atoms with Crippen LogP contribution in [-0.2, 0) is 43.1 Å². The zero-order valence-electron chi connectivity index (χ0n) is 23.8. The Kier molecular flexibility index (Phi) is 7.45. The minimum absolute atomic E-state index is 0.00907. The molecule has 0 amide bonds. The summed E-state index contributed by atoms with van der Waals surface area (Å²) in [5.74, 6) is -3.14. The molecule has 2 aromatic rings. The molecule has 2 aromatic heterocycles. The maximum absolute atomic E-state index is 13.0. The zero-order valence-corrected chi connectivity index (χ0v) is 20.8. The molecule has 0 spiro atoms. The number of carbonyl (C=O) groups is 4. The van der Waals surface area contributed by atoms with Crippen molar-refractivity contribution in [1.82, 2.24) is 9.97 Å². The summed E-state index contributed by atoms with van der Waals surface area (Å²) >= 11 is 0. The molecule has 0 unspecified atom stereocenters. The van der Waals surface area contributed by atoms with Crippen LogP contribution in [0, 0.1) is 13.8 Å². The van der Waals surface area contributed by atoms with Gasteiger partial charge in [-0.05, 0) is 69.6 Å². The Labute approximate surface area is 208 Å². The third-order valence-corrected chi connectivity index (χ3v) is 5.44. The molecule has 0 aliphatic carbocycles. The van der Waals surface area contributed by atoms with Gasteiger partial charge >= 0.3 is 23.9 Å². The number of rotatable bonds is 10. The Morgan fingerprint density at radius 3 is 1.80 bits per heavy atom. The molecular formula is C25H34N2O8. The predicted molar refractivity (Wildman–Crippen MR) is 127 cm³/mol. The van der Waals surface area contributed by atoms with E-state index in [1.807, 2.05) is 0 Å². The number of ether oxygens (including phenoxy) is 3. The number of carboxylic acid groups (broad SMARTS) is 1. The van der Waals surface area contributed by atoms with E-state index in [1.165, 1.54) is 14.2 Å². The summed E-state index contributed by atoms with van der Waals surface area (Å²) in [5.41, 5.74) is 0.351. The molecule has 0 bridgehead atoms. The molecule has 0 aliphatic heterocycles. The Bertz CT molecular complexity index is 1220. The molecule has 2 rings (SSSR count). The predicted octanol–water partition coefficient (Wildman–Crippen LogP) is 3.42. The Balaban J connectivity index is 2.71. The van der Waals surface area contributed by atoms with Gasteiger partial charge in [-0.2, -0.15) is 0 Å². The molecule has 2 heterocycles. The number of carboxylic acids is 1. The summed E-state index contributed by atoms with van der Waals surface area (Å²) in [6, 6.07) is 0. The van der Waals surface area contributed by atoms with E-state index >= 15 is 0 Å². The van der Waals surface area contributed by atoms with Crippen LogP contribution in [0.5, 0.6) is 0 Å². The highest BCUT2D eigenvalue weighted by Gasteiger charge is 2.26. The van der Waals surface area contributed by atoms with E-state index in [4.69, 9.17) is 18.3 Å². The minimum atomic E-state index is -2.74. The van der Waals surface area contributed by atoms with E-state index in [9.17, 15) is 24.3 Å². The van der Waals surface area contributed by atoms with Gasteiger partial charge in [0.1, 0.15) is 17.0 Å². The van der Waals surface area contributed by atoms with E-state index in [0.717, 1.165) is 0 Å². The topological polar surface area (TPSA) is 148 Å². The molecule has 0 atom stereocenters. The van der Waals surface area contributed by atoms with Crippen molar-refractivity contribution in [2.24, 2.45) is 0 Å². The van der Waals surface area contributed by atoms with Gasteiger partial charge < -0.3 is 29.3 Å². The number of methoxy groups -OCH3 is 2. The number of H-pyrrole nitrogens is 2. The molecule has 0 radical (unpaired) electrons. The molecule has 10 heteroatoms. The van der Waals surface area contributed by atoms with Crippen molar-refractivity contribution >= 4 is 23.9 Å². The highest BCUT2D eigenvalue weighted by molar-refractivity contribution is 5.90. The van der Waals surface area contributed by atoms with E-state index in [1.54, 1.807) is 27.7 Å². The lowest BCUT2D eigenvalue weighted by Crippen LogP contribution is -2.24. The highest BCUT2D eigenvalue weighted by Crippen LogP contribution is 2.28. The Morgan fingerprint density at radius 1 is 0.886 bits per heavy atom. The molecule has 192 valence electrons. The number of aromatic nitrogens is 2. The SMILES string of the molecule is [2H]C([2H])([2H])c1c(C(=O)OC(C)(C)C)[nH]c(Cc2[nH]c(C(=O)O)c(C)c2CCC(=O)OC)c1CCC(=O)OC. The van der Waals surface area contributed by atoms with Crippen molar-refractivity contribution in [3.05, 3.63) is 45.0 Å². The second-order valence-electron chi connectivity index (χ2n) is 9.05. The maximum Gasteiger partial charge on any atom is 0.355 e. The number of esters is 3. The standard InChI is InChI=1S/C25H34N2O8/c1-13-15(8-10-19(28)33-6)17(26-21(13)23(30)31)12-18-16(9-11-20(29)34-7)14(2)22(27-18)24(32)35-25(3,4)5/h26-27H,8-12H2,1-7H3,(H,30,31)/i2D3. The number of aromatic amines is 2. The molecular weight excluding hydrogens is 456 g/mol. The molecule has 10 nitrogen and oxygen atoms in total. The average molecular weight is 494 g/mol. The van der Waals surface area contributed by atoms with E-state index < -0.39 is 36.3 Å². The molecule has 0 aliphatic rings. The van der Waals surface area contributed by atoms with Gasteiger partial charge in [0.2, 0.25) is 0 Å². The molecule has 35 heavy (non-hydrogen) atoms. The largest absolute Gasteiger partial charge is 0.477 e. The van der Waals surface area contributed by atoms with Crippen molar-refractivity contribution in [3.8, 4) is 0 Å². The number of hydrogen-bond donors (Lipinski definition) is 3. The van der Waals surface area contributed by atoms with Crippen LogP contribution in [-0.4, -0.2) is 58.8 Å². The van der Waals surface area contributed by atoms with Crippen LogP contribution in [0.2, 0.25) is 0 Å². The highest BCUT2D eigenvalue weighted by atomic mass is 16.6. The van der Waals surface area contributed by atoms with Crippen LogP contribution >= 0.6 is 0 Å². The summed E-state index contributed by atoms with van der Waals surface area (Å²) in [4.78, 5) is 54.3. The van der Waals surface area contributed by atoms with Gasteiger partial charge in [0.05, 0.1) is 14.2 Å². The fourth-order valence-electron chi connectivity index (χ4n) is 3.74. The Morgan fingerprint density at radius 2 is 1.37 bits per heavy atom. The average Bonchev–Trinajstić information content (AvgIpc) is 3.32. The lowest BCUT2D eigenvalue weighted by atomic mass is 9.98. The normalized spacial score (nSPS) is 12.9. The maximum atomic E-state index is 13.0. The molecule has 0 saturated heterocycles. The third kappa shape index (κ3) is 6.97. The van der Waals surface area contributed by atoms with Crippen molar-refractivity contribution < 1.29 is 42.6 Å². The Hall–Kier alpha value is -3.56. The minimum Gasteiger partial charge on any atom is -0.477 e. The van der Waals surface area contributed by atoms with Crippen LogP contribution < -0.4 is 0 Å². The van der Waals surface area contributed by atoms with Crippen molar-refractivity contribution in [2.75, 3.05) is 14.2 Å². The molecule has 0 saturated carbocycles. The number of hydrogen-bond acceptors (Lipinski definition) is 7. The first-order chi connectivity index (χ1) is 17.5. The number of aromatic carboxylic acids is 1. The van der Waals surface area contributed by atoms with Crippen LogP contribution in [0.4, 0.5) is 0 Å². The van der Waals surface area contributed by atoms with Crippen molar-refractivity contribution in [3.63, 3.8) is 0 Å². The van der Waals surface area contributed by atoms with Crippen LogP contribution in [0.25, 0.3) is 0 Å². The number of carbonyl (C=O) groups excluding carboxylic acids is 3. The number of nitrogens with one attached hydrogen (secondary N) is 2. The first kappa shape index (κ1) is 23.2. The summed E-state index contributed by atoms with van der Waals surface area (Å²) in [6.45, 7) is 3.79. The zero-order chi connectivity index (χ0) is 29.0. The van der Waals surface area contributed by atoms with Gasteiger partial charge in [-0.25, -0.2) is 9.59 Å². The van der Waals surface area contributed by atoms with Gasteiger partial charge in [0, 0.05) is 34.8 Å².